The third-order valence-electron chi connectivity index (χ3n) is 6.43. The van der Waals surface area contributed by atoms with E-state index in [2.05, 4.69) is 4.98 Å². The molecule has 0 spiro atoms. The van der Waals surface area contributed by atoms with Gasteiger partial charge in [-0.1, -0.05) is 12.1 Å². The Kier molecular flexibility index (Phi) is 7.19. The second-order valence-corrected chi connectivity index (χ2v) is 9.01. The Hall–Kier alpha value is -3.36. The third kappa shape index (κ3) is 5.08. The molecule has 1 aromatic heterocycles. The van der Waals surface area contributed by atoms with Gasteiger partial charge in [-0.2, -0.15) is 0 Å². The van der Waals surface area contributed by atoms with Gasteiger partial charge < -0.3 is 9.80 Å². The van der Waals surface area contributed by atoms with E-state index in [9.17, 15) is 18.8 Å². The Balaban J connectivity index is 1.57. The first-order chi connectivity index (χ1) is 16.3. The van der Waals surface area contributed by atoms with Crippen LogP contribution < -0.4 is 4.90 Å². The van der Waals surface area contributed by atoms with Crippen LogP contribution in [0.15, 0.2) is 30.5 Å². The predicted molar refractivity (Wildman–Crippen MR) is 125 cm³/mol. The van der Waals surface area contributed by atoms with E-state index in [1.807, 2.05) is 23.9 Å². The molecule has 1 atom stereocenters. The number of halogens is 1. The Labute approximate surface area is 198 Å². The number of hydrogen-bond donors (Lipinski definition) is 0. The van der Waals surface area contributed by atoms with E-state index in [1.165, 1.54) is 17.0 Å². The first kappa shape index (κ1) is 23.8. The summed E-state index contributed by atoms with van der Waals surface area (Å²) in [6.45, 7) is 0.899. The number of rotatable bonds is 7. The fraction of sp³-hybridized carbons (Fsp3) is 0.480. The SMILES string of the molecule is CN(C)c1ncc(-c2ccc(F)cc2)c(C2CCCCN2C(=O)CCCN2C(=O)CCC2=O)n1. The molecule has 8 nitrogen and oxygen atoms in total. The highest BCUT2D eigenvalue weighted by Gasteiger charge is 2.32. The van der Waals surface area contributed by atoms with Crippen LogP contribution in [0.4, 0.5) is 10.3 Å². The summed E-state index contributed by atoms with van der Waals surface area (Å²) in [6, 6.07) is 5.99. The molecule has 0 bridgehead atoms. The molecule has 0 aliphatic carbocycles. The molecule has 180 valence electrons. The van der Waals surface area contributed by atoms with E-state index in [0.717, 1.165) is 36.1 Å². The highest BCUT2D eigenvalue weighted by molar-refractivity contribution is 6.01. The summed E-state index contributed by atoms with van der Waals surface area (Å²) in [7, 11) is 3.73. The van der Waals surface area contributed by atoms with Crippen LogP contribution in [0.5, 0.6) is 0 Å². The summed E-state index contributed by atoms with van der Waals surface area (Å²) < 4.78 is 13.5. The van der Waals surface area contributed by atoms with Gasteiger partial charge in [0.05, 0.1) is 11.7 Å². The average molecular weight is 468 g/mol. The molecular formula is C25H30FN5O3. The van der Waals surface area contributed by atoms with Gasteiger partial charge in [0.25, 0.3) is 0 Å². The van der Waals surface area contributed by atoms with Crippen LogP contribution in [0.25, 0.3) is 11.1 Å². The van der Waals surface area contributed by atoms with Gasteiger partial charge in [-0.25, -0.2) is 14.4 Å². The maximum atomic E-state index is 13.5. The smallest absolute Gasteiger partial charge is 0.229 e. The number of benzene rings is 1. The molecule has 0 N–H and O–H groups in total. The lowest BCUT2D eigenvalue weighted by Gasteiger charge is -2.36. The minimum atomic E-state index is -0.319. The van der Waals surface area contributed by atoms with Crippen LogP contribution in [-0.2, 0) is 14.4 Å². The second-order valence-electron chi connectivity index (χ2n) is 9.01. The van der Waals surface area contributed by atoms with Crippen LogP contribution in [0, 0.1) is 5.82 Å². The van der Waals surface area contributed by atoms with Crippen molar-refractivity contribution in [1.29, 1.82) is 0 Å². The largest absolute Gasteiger partial charge is 0.347 e. The predicted octanol–water partition coefficient (Wildman–Crippen LogP) is 3.33. The summed E-state index contributed by atoms with van der Waals surface area (Å²) in [5.41, 5.74) is 2.33. The first-order valence-corrected chi connectivity index (χ1v) is 11.8. The highest BCUT2D eigenvalue weighted by Crippen LogP contribution is 2.37. The maximum Gasteiger partial charge on any atom is 0.229 e. The number of aromatic nitrogens is 2. The normalized spacial score (nSPS) is 18.5. The van der Waals surface area contributed by atoms with Crippen molar-refractivity contribution in [1.82, 2.24) is 19.8 Å². The van der Waals surface area contributed by atoms with Gasteiger partial charge in [0.2, 0.25) is 23.7 Å². The average Bonchev–Trinajstić information content (AvgIpc) is 3.16. The zero-order chi connectivity index (χ0) is 24.2. The standard InChI is InChI=1S/C25H30FN5O3/c1-29(2)25-27-16-19(17-8-10-18(26)11-9-17)24(28-25)20-6-3-4-14-30(20)21(32)7-5-15-31-22(33)12-13-23(31)34/h8-11,16,20H,3-7,12-15H2,1-2H3. The number of anilines is 1. The molecule has 0 radical (unpaired) electrons. The summed E-state index contributed by atoms with van der Waals surface area (Å²) in [5.74, 6) is -0.104. The maximum absolute atomic E-state index is 13.5. The van der Waals surface area contributed by atoms with Gasteiger partial charge >= 0.3 is 0 Å². The number of piperidine rings is 1. The monoisotopic (exact) mass is 467 g/mol. The fourth-order valence-electron chi connectivity index (χ4n) is 4.63. The molecule has 2 aliphatic rings. The Morgan fingerprint density at radius 3 is 2.50 bits per heavy atom. The van der Waals surface area contributed by atoms with Crippen molar-refractivity contribution in [3.8, 4) is 11.1 Å². The molecule has 3 amide bonds. The Bertz CT molecular complexity index is 1060. The van der Waals surface area contributed by atoms with Gasteiger partial charge in [-0.05, 0) is 43.4 Å². The minimum absolute atomic E-state index is 0.0149. The molecule has 2 aliphatic heterocycles. The summed E-state index contributed by atoms with van der Waals surface area (Å²) in [6.07, 6.45) is 5.60. The molecule has 2 saturated heterocycles. The number of nitrogens with zero attached hydrogens (tertiary/aromatic N) is 5. The van der Waals surface area contributed by atoms with Crippen LogP contribution >= 0.6 is 0 Å². The number of imide groups is 1. The molecule has 3 heterocycles. The second kappa shape index (κ2) is 10.3. The zero-order valence-electron chi connectivity index (χ0n) is 19.7. The van der Waals surface area contributed by atoms with Gasteiger partial charge in [0.15, 0.2) is 0 Å². The highest BCUT2D eigenvalue weighted by atomic mass is 19.1. The molecule has 2 aromatic rings. The summed E-state index contributed by atoms with van der Waals surface area (Å²) in [4.78, 5) is 51.2. The molecule has 1 unspecified atom stereocenters. The summed E-state index contributed by atoms with van der Waals surface area (Å²) in [5, 5.41) is 0. The fourth-order valence-corrected chi connectivity index (χ4v) is 4.63. The van der Waals surface area contributed by atoms with Gasteiger partial charge in [0.1, 0.15) is 5.82 Å². The number of likely N-dealkylation sites (tertiary alicyclic amines) is 2. The number of carbonyl (C=O) groups is 3. The quantitative estimate of drug-likeness (QED) is 0.581. The van der Waals surface area contributed by atoms with Crippen LogP contribution in [-0.4, -0.2) is 64.7 Å². The van der Waals surface area contributed by atoms with E-state index in [4.69, 9.17) is 4.98 Å². The van der Waals surface area contributed by atoms with E-state index in [0.29, 0.717) is 18.9 Å². The van der Waals surface area contributed by atoms with Crippen LogP contribution in [0.3, 0.4) is 0 Å². The van der Waals surface area contributed by atoms with Crippen molar-refractivity contribution in [2.24, 2.45) is 0 Å². The van der Waals surface area contributed by atoms with Crippen LogP contribution in [0.1, 0.15) is 56.7 Å². The molecule has 34 heavy (non-hydrogen) atoms. The van der Waals surface area contributed by atoms with Crippen molar-refractivity contribution in [2.45, 2.75) is 51.0 Å². The lowest BCUT2D eigenvalue weighted by Crippen LogP contribution is -2.39. The summed E-state index contributed by atoms with van der Waals surface area (Å²) >= 11 is 0. The minimum Gasteiger partial charge on any atom is -0.347 e. The molecule has 0 saturated carbocycles. The topological polar surface area (TPSA) is 86.7 Å². The Morgan fingerprint density at radius 2 is 1.82 bits per heavy atom. The van der Waals surface area contributed by atoms with Crippen molar-refractivity contribution in [3.05, 3.63) is 42.0 Å². The Morgan fingerprint density at radius 1 is 1.12 bits per heavy atom. The van der Waals surface area contributed by atoms with Crippen LogP contribution in [0.2, 0.25) is 0 Å². The van der Waals surface area contributed by atoms with Crippen molar-refractivity contribution >= 4 is 23.7 Å². The van der Waals surface area contributed by atoms with Crippen molar-refractivity contribution in [2.75, 3.05) is 32.1 Å². The van der Waals surface area contributed by atoms with E-state index in [1.54, 1.807) is 18.3 Å². The lowest BCUT2D eigenvalue weighted by molar-refractivity contribution is -0.140. The van der Waals surface area contributed by atoms with Crippen molar-refractivity contribution in [3.63, 3.8) is 0 Å². The van der Waals surface area contributed by atoms with E-state index >= 15 is 0 Å². The molecule has 9 heteroatoms. The van der Waals surface area contributed by atoms with Gasteiger partial charge in [-0.3, -0.25) is 19.3 Å². The third-order valence-corrected chi connectivity index (χ3v) is 6.43. The van der Waals surface area contributed by atoms with E-state index in [-0.39, 0.29) is 55.4 Å². The molecule has 2 fully saturated rings. The first-order valence-electron chi connectivity index (χ1n) is 11.8. The zero-order valence-corrected chi connectivity index (χ0v) is 19.7. The van der Waals surface area contributed by atoms with E-state index < -0.39 is 0 Å². The lowest BCUT2D eigenvalue weighted by atomic mass is 9.93. The number of amides is 3. The molecular weight excluding hydrogens is 437 g/mol. The molecule has 4 rings (SSSR count). The van der Waals surface area contributed by atoms with Gasteiger partial charge in [0, 0.05) is 58.2 Å². The van der Waals surface area contributed by atoms with Gasteiger partial charge in [-0.15, -0.1) is 0 Å². The number of hydrogen-bond acceptors (Lipinski definition) is 6. The number of carbonyl (C=O) groups excluding carboxylic acids is 3. The van der Waals surface area contributed by atoms with Crippen molar-refractivity contribution < 1.29 is 18.8 Å². The molecule has 1 aromatic carbocycles.